The van der Waals surface area contributed by atoms with Crippen molar-refractivity contribution in [2.24, 2.45) is 17.3 Å². The first-order chi connectivity index (χ1) is 19.1. The molecule has 1 N–H and O–H groups in total. The highest BCUT2D eigenvalue weighted by atomic mass is 19.2. The minimum absolute atomic E-state index is 0.0891. The van der Waals surface area contributed by atoms with Crippen molar-refractivity contribution in [2.75, 3.05) is 13.2 Å². The Morgan fingerprint density at radius 3 is 2.34 bits per heavy atom. The molecule has 2 aromatic rings. The van der Waals surface area contributed by atoms with Crippen molar-refractivity contribution in [3.8, 4) is 11.1 Å². The Hall–Kier alpha value is -3.49. The van der Waals surface area contributed by atoms with E-state index >= 15 is 8.78 Å². The summed E-state index contributed by atoms with van der Waals surface area (Å²) in [5.41, 5.74) is 1.79. The van der Waals surface area contributed by atoms with Gasteiger partial charge < -0.3 is 14.8 Å². The SMILES string of the molecule is CCOC(=O)C[C@H](NC(=O)[C@@H]1[C@@H]2C(CN1C(=O)OC(C)(C)C)C2(C)C)c1cc(-c2c(C)cccc2C)cc(F)c1F. The molecular formula is C32H40F2N2O5. The Bertz CT molecular complexity index is 1350. The van der Waals surface area contributed by atoms with E-state index in [9.17, 15) is 14.4 Å². The van der Waals surface area contributed by atoms with E-state index < -0.39 is 53.7 Å². The van der Waals surface area contributed by atoms with Gasteiger partial charge in [-0.05, 0) is 93.2 Å². The summed E-state index contributed by atoms with van der Waals surface area (Å²) >= 11 is 0. The van der Waals surface area contributed by atoms with Crippen LogP contribution in [0.1, 0.15) is 70.7 Å². The molecule has 9 heteroatoms. The van der Waals surface area contributed by atoms with Gasteiger partial charge in [-0.15, -0.1) is 0 Å². The van der Waals surface area contributed by atoms with Gasteiger partial charge in [-0.3, -0.25) is 14.5 Å². The smallest absolute Gasteiger partial charge is 0.410 e. The second-order valence-corrected chi connectivity index (χ2v) is 12.7. The number of hydrogen-bond acceptors (Lipinski definition) is 5. The van der Waals surface area contributed by atoms with E-state index in [1.165, 1.54) is 11.0 Å². The first-order valence-electron chi connectivity index (χ1n) is 14.1. The van der Waals surface area contributed by atoms with Crippen molar-refractivity contribution in [3.05, 3.63) is 58.7 Å². The molecule has 7 nitrogen and oxygen atoms in total. The first kappa shape index (κ1) is 30.5. The molecule has 1 aliphatic heterocycles. The van der Waals surface area contributed by atoms with E-state index in [0.29, 0.717) is 12.1 Å². The van der Waals surface area contributed by atoms with Crippen molar-refractivity contribution in [3.63, 3.8) is 0 Å². The summed E-state index contributed by atoms with van der Waals surface area (Å²) in [5.74, 6) is -3.52. The molecule has 1 saturated heterocycles. The molecule has 41 heavy (non-hydrogen) atoms. The van der Waals surface area contributed by atoms with Gasteiger partial charge in [-0.25, -0.2) is 13.6 Å². The third-order valence-electron chi connectivity index (χ3n) is 8.30. The topological polar surface area (TPSA) is 84.9 Å². The second kappa shape index (κ2) is 11.1. The van der Waals surface area contributed by atoms with Crippen LogP contribution in [0, 0.1) is 42.7 Å². The van der Waals surface area contributed by atoms with E-state index in [2.05, 4.69) is 5.32 Å². The van der Waals surface area contributed by atoms with Gasteiger partial charge in [0.1, 0.15) is 11.6 Å². The van der Waals surface area contributed by atoms with Gasteiger partial charge in [-0.2, -0.15) is 0 Å². The largest absolute Gasteiger partial charge is 0.466 e. The number of carbonyl (C=O) groups excluding carboxylic acids is 3. The third kappa shape index (κ3) is 6.09. The number of halogens is 2. The average molecular weight is 571 g/mol. The molecule has 2 aromatic carbocycles. The van der Waals surface area contributed by atoms with E-state index in [4.69, 9.17) is 9.47 Å². The van der Waals surface area contributed by atoms with E-state index in [1.807, 2.05) is 45.9 Å². The summed E-state index contributed by atoms with van der Waals surface area (Å²) in [5, 5.41) is 2.79. The van der Waals surface area contributed by atoms with Crippen molar-refractivity contribution in [1.82, 2.24) is 10.2 Å². The third-order valence-corrected chi connectivity index (χ3v) is 8.30. The number of aryl methyl sites for hydroxylation is 2. The van der Waals surface area contributed by atoms with Crippen LogP contribution in [-0.4, -0.2) is 47.7 Å². The molecule has 2 amide bonds. The molecule has 0 spiro atoms. The van der Waals surface area contributed by atoms with Gasteiger partial charge in [0.25, 0.3) is 0 Å². The molecule has 222 valence electrons. The number of ether oxygens (including phenoxy) is 2. The maximum absolute atomic E-state index is 15.4. The van der Waals surface area contributed by atoms with Gasteiger partial charge >= 0.3 is 12.1 Å². The molecule has 4 atom stereocenters. The van der Waals surface area contributed by atoms with Crippen LogP contribution in [-0.2, 0) is 19.1 Å². The zero-order chi connectivity index (χ0) is 30.4. The van der Waals surface area contributed by atoms with Crippen molar-refractivity contribution >= 4 is 18.0 Å². The quantitative estimate of drug-likeness (QED) is 0.398. The molecule has 0 aromatic heterocycles. The van der Waals surface area contributed by atoms with Crippen LogP contribution in [0.3, 0.4) is 0 Å². The molecule has 0 bridgehead atoms. The number of likely N-dealkylation sites (tertiary alicyclic amines) is 1. The molecule has 1 unspecified atom stereocenters. The minimum Gasteiger partial charge on any atom is -0.466 e. The summed E-state index contributed by atoms with van der Waals surface area (Å²) in [6.07, 6.45) is -1.03. The normalized spacial score (nSPS) is 21.6. The molecule has 2 fully saturated rings. The number of fused-ring (bicyclic) bond motifs is 1. The highest BCUT2D eigenvalue weighted by Gasteiger charge is 2.69. The molecular weight excluding hydrogens is 530 g/mol. The maximum Gasteiger partial charge on any atom is 0.410 e. The lowest BCUT2D eigenvalue weighted by atomic mass is 9.92. The molecule has 1 aliphatic carbocycles. The molecule has 0 radical (unpaired) electrons. The van der Waals surface area contributed by atoms with E-state index in [1.54, 1.807) is 27.7 Å². The lowest BCUT2D eigenvalue weighted by molar-refractivity contribution is -0.144. The predicted molar refractivity (Wildman–Crippen MR) is 151 cm³/mol. The van der Waals surface area contributed by atoms with Crippen LogP contribution in [0.5, 0.6) is 0 Å². The minimum atomic E-state index is -1.23. The molecule has 2 aliphatic rings. The van der Waals surface area contributed by atoms with Crippen LogP contribution in [0.4, 0.5) is 13.6 Å². The fraction of sp³-hybridized carbons (Fsp3) is 0.531. The summed E-state index contributed by atoms with van der Waals surface area (Å²) in [4.78, 5) is 41.0. The number of esters is 1. The van der Waals surface area contributed by atoms with Crippen LogP contribution >= 0.6 is 0 Å². The number of benzene rings is 2. The Labute approximate surface area is 240 Å². The number of piperidine rings is 1. The van der Waals surface area contributed by atoms with E-state index in [0.717, 1.165) is 22.8 Å². The second-order valence-electron chi connectivity index (χ2n) is 12.7. The number of hydrogen-bond donors (Lipinski definition) is 1. The summed E-state index contributed by atoms with van der Waals surface area (Å²) < 4.78 is 41.2. The maximum atomic E-state index is 15.4. The fourth-order valence-electron chi connectivity index (χ4n) is 6.26. The number of amides is 2. The van der Waals surface area contributed by atoms with Crippen LogP contribution in [0.15, 0.2) is 30.3 Å². The van der Waals surface area contributed by atoms with Gasteiger partial charge in [-0.1, -0.05) is 32.0 Å². The summed E-state index contributed by atoms with van der Waals surface area (Å²) in [7, 11) is 0. The van der Waals surface area contributed by atoms with Gasteiger partial charge in [0.05, 0.1) is 19.1 Å². The summed E-state index contributed by atoms with van der Waals surface area (Å²) in [6, 6.07) is 6.10. The van der Waals surface area contributed by atoms with Gasteiger partial charge in [0, 0.05) is 12.1 Å². The zero-order valence-corrected chi connectivity index (χ0v) is 25.1. The van der Waals surface area contributed by atoms with Crippen molar-refractivity contribution < 1.29 is 32.6 Å². The Kier molecular flexibility index (Phi) is 8.22. The monoisotopic (exact) mass is 570 g/mol. The number of carbonyl (C=O) groups is 3. The van der Waals surface area contributed by atoms with Crippen molar-refractivity contribution in [1.29, 1.82) is 0 Å². The van der Waals surface area contributed by atoms with Gasteiger partial charge in [0.15, 0.2) is 11.6 Å². The Morgan fingerprint density at radius 1 is 1.12 bits per heavy atom. The standard InChI is InChI=1S/C32H40F2N2O5/c1-9-40-24(37)15-23(20-13-19(14-22(33)27(20)34)25-17(2)11-10-12-18(25)3)35-29(38)28-26-21(32(26,7)8)16-36(28)30(39)41-31(4,5)6/h10-14,21,23,26,28H,9,15-16H2,1-8H3,(H,35,38)/t21?,23-,26-,28-/m0/s1. The first-order valence-corrected chi connectivity index (χ1v) is 14.1. The van der Waals surface area contributed by atoms with Crippen LogP contribution in [0.2, 0.25) is 0 Å². The lowest BCUT2D eigenvalue weighted by Gasteiger charge is -2.33. The van der Waals surface area contributed by atoms with Crippen LogP contribution < -0.4 is 5.32 Å². The molecule has 1 saturated carbocycles. The fourth-order valence-corrected chi connectivity index (χ4v) is 6.26. The van der Waals surface area contributed by atoms with Crippen molar-refractivity contribution in [2.45, 2.75) is 79.5 Å². The zero-order valence-electron chi connectivity index (χ0n) is 25.1. The van der Waals surface area contributed by atoms with Crippen LogP contribution in [0.25, 0.3) is 11.1 Å². The van der Waals surface area contributed by atoms with Gasteiger partial charge in [0.2, 0.25) is 5.91 Å². The summed E-state index contributed by atoms with van der Waals surface area (Å²) in [6.45, 7) is 15.1. The average Bonchev–Trinajstić information content (AvgIpc) is 3.18. The molecule has 4 rings (SSSR count). The predicted octanol–water partition coefficient (Wildman–Crippen LogP) is 6.25. The number of rotatable bonds is 7. The number of nitrogens with zero attached hydrogens (tertiary/aromatic N) is 1. The Morgan fingerprint density at radius 2 is 1.76 bits per heavy atom. The van der Waals surface area contributed by atoms with E-state index in [-0.39, 0.29) is 29.4 Å². The Balaban J connectivity index is 1.72. The lowest BCUT2D eigenvalue weighted by Crippen LogP contribution is -2.51. The highest BCUT2D eigenvalue weighted by Crippen LogP contribution is 2.65. The number of nitrogens with one attached hydrogen (secondary N) is 1. The molecule has 1 heterocycles. The highest BCUT2D eigenvalue weighted by molar-refractivity contribution is 5.88.